The first kappa shape index (κ1) is 10.8. The lowest BCUT2D eigenvalue weighted by molar-refractivity contribution is 0.279. The molecular weight excluding hydrogens is 236 g/mol. The Morgan fingerprint density at radius 1 is 1.33 bits per heavy atom. The summed E-state index contributed by atoms with van der Waals surface area (Å²) in [5.74, 6) is 0. The van der Waals surface area contributed by atoms with Crippen LogP contribution in [0.3, 0.4) is 0 Å². The molecule has 0 fully saturated rings. The summed E-state index contributed by atoms with van der Waals surface area (Å²) in [7, 11) is 0. The van der Waals surface area contributed by atoms with Crippen molar-refractivity contribution in [2.75, 3.05) is 6.61 Å². The summed E-state index contributed by atoms with van der Waals surface area (Å²) in [6.45, 7) is 0.422. The number of hydrogen-bond acceptors (Lipinski definition) is 6. The lowest BCUT2D eigenvalue weighted by Crippen LogP contribution is -2.23. The Morgan fingerprint density at radius 2 is 2.22 bits per heavy atom. The van der Waals surface area contributed by atoms with E-state index in [-0.39, 0.29) is 17.7 Å². The van der Waals surface area contributed by atoms with E-state index in [0.29, 0.717) is 24.3 Å². The Balaban J connectivity index is 2.25. The second kappa shape index (κ2) is 4.15. The molecule has 3 rings (SSSR count). The highest BCUT2D eigenvalue weighted by Crippen LogP contribution is 2.04. The third kappa shape index (κ3) is 1.54. The van der Waals surface area contributed by atoms with Crippen LogP contribution in [-0.2, 0) is 6.54 Å². The van der Waals surface area contributed by atoms with Crippen LogP contribution in [0.5, 0.6) is 0 Å². The van der Waals surface area contributed by atoms with Crippen molar-refractivity contribution in [3.8, 4) is 0 Å². The van der Waals surface area contributed by atoms with E-state index >= 15 is 0 Å². The molecule has 0 amide bonds. The van der Waals surface area contributed by atoms with Gasteiger partial charge in [-0.1, -0.05) is 0 Å². The van der Waals surface area contributed by atoms with Crippen molar-refractivity contribution in [2.24, 2.45) is 0 Å². The molecule has 0 saturated heterocycles. The van der Waals surface area contributed by atoms with E-state index in [4.69, 9.17) is 5.11 Å². The van der Waals surface area contributed by atoms with Gasteiger partial charge >= 0.3 is 0 Å². The normalized spacial score (nSPS) is 11.4. The quantitative estimate of drug-likeness (QED) is 0.650. The Bertz CT molecular complexity index is 762. The average molecular weight is 246 g/mol. The number of rotatable bonds is 3. The molecule has 8 nitrogen and oxygen atoms in total. The highest BCUT2D eigenvalue weighted by Gasteiger charge is 2.10. The largest absolute Gasteiger partial charge is 0.396 e. The molecule has 18 heavy (non-hydrogen) atoms. The van der Waals surface area contributed by atoms with Gasteiger partial charge < -0.3 is 5.11 Å². The molecule has 1 N–H and O–H groups in total. The fourth-order valence-corrected chi connectivity index (χ4v) is 1.75. The molecule has 0 unspecified atom stereocenters. The summed E-state index contributed by atoms with van der Waals surface area (Å²) >= 11 is 0. The number of fused-ring (bicyclic) bond motifs is 3. The summed E-state index contributed by atoms with van der Waals surface area (Å²) in [5.41, 5.74) is 0.822. The number of hydrogen-bond donors (Lipinski definition) is 1. The number of aliphatic hydroxyl groups is 1. The number of aliphatic hydroxyl groups excluding tert-OH is 1. The van der Waals surface area contributed by atoms with Gasteiger partial charge in [0.25, 0.3) is 5.56 Å². The van der Waals surface area contributed by atoms with Crippen LogP contribution in [0.4, 0.5) is 0 Å². The van der Waals surface area contributed by atoms with E-state index in [1.807, 2.05) is 0 Å². The monoisotopic (exact) mass is 246 g/mol. The van der Waals surface area contributed by atoms with E-state index in [1.165, 1.54) is 15.4 Å². The van der Waals surface area contributed by atoms with Crippen molar-refractivity contribution >= 4 is 16.8 Å². The van der Waals surface area contributed by atoms with Crippen molar-refractivity contribution in [2.45, 2.75) is 13.0 Å². The zero-order chi connectivity index (χ0) is 12.5. The highest BCUT2D eigenvalue weighted by atomic mass is 16.3. The van der Waals surface area contributed by atoms with Crippen LogP contribution in [0.2, 0.25) is 0 Å². The minimum atomic E-state index is -0.279. The van der Waals surface area contributed by atoms with E-state index in [9.17, 15) is 4.79 Å². The van der Waals surface area contributed by atoms with Crippen LogP contribution < -0.4 is 5.56 Å². The molecule has 92 valence electrons. The number of nitrogens with zero attached hydrogens (tertiary/aromatic N) is 6. The Hall–Kier alpha value is -2.35. The maximum Gasteiger partial charge on any atom is 0.283 e. The zero-order valence-electron chi connectivity index (χ0n) is 9.39. The van der Waals surface area contributed by atoms with Crippen LogP contribution in [-0.4, -0.2) is 41.1 Å². The van der Waals surface area contributed by atoms with Gasteiger partial charge in [0.05, 0.1) is 6.20 Å². The van der Waals surface area contributed by atoms with Crippen molar-refractivity contribution in [1.82, 2.24) is 29.4 Å². The predicted octanol–water partition coefficient (Wildman–Crippen LogP) is -0.783. The summed E-state index contributed by atoms with van der Waals surface area (Å²) in [6, 6.07) is 1.69. The van der Waals surface area contributed by atoms with Crippen molar-refractivity contribution in [1.29, 1.82) is 0 Å². The van der Waals surface area contributed by atoms with E-state index in [0.717, 1.165) is 0 Å². The second-order valence-corrected chi connectivity index (χ2v) is 3.79. The first-order valence-corrected chi connectivity index (χ1v) is 5.47. The molecule has 0 aliphatic carbocycles. The Labute approximate surface area is 101 Å². The molecule has 0 atom stereocenters. The average Bonchev–Trinajstić information content (AvgIpc) is 2.86. The van der Waals surface area contributed by atoms with Crippen molar-refractivity contribution in [3.63, 3.8) is 0 Å². The molecule has 0 aromatic carbocycles. The standard InChI is InChI=1S/C10H10N6O2/c17-5-1-4-15-6-11-9-8(10(15)18)14-13-7-2-3-12-16(7)9/h2-3,6,17H,1,4-5H2. The third-order valence-electron chi connectivity index (χ3n) is 2.63. The molecule has 0 bridgehead atoms. The third-order valence-corrected chi connectivity index (χ3v) is 2.63. The van der Waals surface area contributed by atoms with Gasteiger partial charge in [-0.05, 0) is 6.42 Å². The van der Waals surface area contributed by atoms with Crippen LogP contribution in [0.15, 0.2) is 23.4 Å². The Morgan fingerprint density at radius 3 is 3.06 bits per heavy atom. The molecule has 0 aliphatic heterocycles. The minimum Gasteiger partial charge on any atom is -0.396 e. The lowest BCUT2D eigenvalue weighted by atomic mass is 10.4. The van der Waals surface area contributed by atoms with Crippen LogP contribution in [0.25, 0.3) is 16.8 Å². The van der Waals surface area contributed by atoms with Crippen LogP contribution in [0.1, 0.15) is 6.42 Å². The summed E-state index contributed by atoms with van der Waals surface area (Å²) in [6.07, 6.45) is 3.50. The molecule has 0 aliphatic rings. The smallest absolute Gasteiger partial charge is 0.283 e. The van der Waals surface area contributed by atoms with Gasteiger partial charge in [0.1, 0.15) is 6.33 Å². The predicted molar refractivity (Wildman–Crippen MR) is 62.0 cm³/mol. The van der Waals surface area contributed by atoms with E-state index in [2.05, 4.69) is 20.3 Å². The van der Waals surface area contributed by atoms with Gasteiger partial charge in [0.15, 0.2) is 16.8 Å². The second-order valence-electron chi connectivity index (χ2n) is 3.79. The summed E-state index contributed by atoms with van der Waals surface area (Å²) in [4.78, 5) is 16.3. The van der Waals surface area contributed by atoms with E-state index in [1.54, 1.807) is 12.3 Å². The topological polar surface area (TPSA) is 98.2 Å². The SMILES string of the molecule is O=c1c2nnc3ccnn3c2ncn1CCCO. The minimum absolute atomic E-state index is 0.0222. The van der Waals surface area contributed by atoms with Crippen LogP contribution >= 0.6 is 0 Å². The van der Waals surface area contributed by atoms with Gasteiger partial charge in [0.2, 0.25) is 0 Å². The highest BCUT2D eigenvalue weighted by molar-refractivity contribution is 5.70. The lowest BCUT2D eigenvalue weighted by Gasteiger charge is -2.04. The maximum atomic E-state index is 12.1. The van der Waals surface area contributed by atoms with Crippen LogP contribution in [0, 0.1) is 0 Å². The van der Waals surface area contributed by atoms with Gasteiger partial charge in [-0.15, -0.1) is 10.2 Å². The fraction of sp³-hybridized carbons (Fsp3) is 0.300. The fourth-order valence-electron chi connectivity index (χ4n) is 1.75. The van der Waals surface area contributed by atoms with Crippen molar-refractivity contribution < 1.29 is 5.11 Å². The molecule has 0 radical (unpaired) electrons. The zero-order valence-corrected chi connectivity index (χ0v) is 9.39. The van der Waals surface area contributed by atoms with Gasteiger partial charge in [-0.2, -0.15) is 9.61 Å². The number of aromatic nitrogens is 6. The molecule has 8 heteroatoms. The molecule has 3 aromatic rings. The molecular formula is C10H10N6O2. The van der Waals surface area contributed by atoms with Crippen molar-refractivity contribution in [3.05, 3.63) is 28.9 Å². The molecule has 3 heterocycles. The molecule has 0 spiro atoms. The number of aryl methyl sites for hydroxylation is 1. The summed E-state index contributed by atoms with van der Waals surface area (Å²) < 4.78 is 2.88. The van der Waals surface area contributed by atoms with Gasteiger partial charge in [0, 0.05) is 19.2 Å². The van der Waals surface area contributed by atoms with E-state index < -0.39 is 0 Å². The first-order chi connectivity index (χ1) is 8.81. The first-order valence-electron chi connectivity index (χ1n) is 5.47. The molecule has 0 saturated carbocycles. The Kier molecular flexibility index (Phi) is 2.49. The maximum absolute atomic E-state index is 12.1. The summed E-state index contributed by atoms with van der Waals surface area (Å²) in [5, 5.41) is 20.6. The van der Waals surface area contributed by atoms with Gasteiger partial charge in [-0.3, -0.25) is 9.36 Å². The van der Waals surface area contributed by atoms with Gasteiger partial charge in [-0.25, -0.2) is 4.98 Å². The molecule has 3 aromatic heterocycles.